The summed E-state index contributed by atoms with van der Waals surface area (Å²) in [7, 11) is 0. The van der Waals surface area contributed by atoms with Crippen LogP contribution in [-0.4, -0.2) is 21.5 Å². The summed E-state index contributed by atoms with van der Waals surface area (Å²) in [5.41, 5.74) is 3.76. The highest BCUT2D eigenvalue weighted by atomic mass is 16.1. The number of carbonyl (C=O) groups excluding carboxylic acids is 1. The number of para-hydroxylation sites is 2. The van der Waals surface area contributed by atoms with E-state index in [0.29, 0.717) is 11.6 Å². The van der Waals surface area contributed by atoms with Gasteiger partial charge in [0.1, 0.15) is 6.33 Å². The van der Waals surface area contributed by atoms with Crippen molar-refractivity contribution in [2.45, 2.75) is 38.1 Å². The van der Waals surface area contributed by atoms with Crippen molar-refractivity contribution in [3.8, 4) is 5.69 Å². The maximum Gasteiger partial charge on any atom is 0.251 e. The summed E-state index contributed by atoms with van der Waals surface area (Å²) >= 11 is 0. The molecular formula is C20H21N3O. The fourth-order valence-electron chi connectivity index (χ4n) is 3.45. The molecule has 1 amide bonds. The Morgan fingerprint density at radius 2 is 1.75 bits per heavy atom. The Labute approximate surface area is 141 Å². The van der Waals surface area contributed by atoms with Crippen molar-refractivity contribution >= 4 is 16.9 Å². The summed E-state index contributed by atoms with van der Waals surface area (Å²) in [5.74, 6) is 0.0314. The van der Waals surface area contributed by atoms with Crippen LogP contribution in [0.15, 0.2) is 54.9 Å². The quantitative estimate of drug-likeness (QED) is 0.790. The van der Waals surface area contributed by atoms with Crippen molar-refractivity contribution in [1.29, 1.82) is 0 Å². The van der Waals surface area contributed by atoms with Gasteiger partial charge in [-0.05, 0) is 49.2 Å². The van der Waals surface area contributed by atoms with Crippen LogP contribution in [0.5, 0.6) is 0 Å². The molecule has 0 unspecified atom stereocenters. The van der Waals surface area contributed by atoms with Gasteiger partial charge in [0.25, 0.3) is 5.91 Å². The molecular weight excluding hydrogens is 298 g/mol. The minimum Gasteiger partial charge on any atom is -0.349 e. The zero-order chi connectivity index (χ0) is 16.4. The fraction of sp³-hybridized carbons (Fsp3) is 0.300. The van der Waals surface area contributed by atoms with Gasteiger partial charge in [0, 0.05) is 17.3 Å². The van der Waals surface area contributed by atoms with E-state index < -0.39 is 0 Å². The van der Waals surface area contributed by atoms with Crippen molar-refractivity contribution in [2.24, 2.45) is 0 Å². The highest BCUT2D eigenvalue weighted by Crippen LogP contribution is 2.20. The second kappa shape index (κ2) is 6.48. The number of fused-ring (bicyclic) bond motifs is 1. The van der Waals surface area contributed by atoms with Gasteiger partial charge >= 0.3 is 0 Å². The largest absolute Gasteiger partial charge is 0.349 e. The van der Waals surface area contributed by atoms with E-state index in [0.717, 1.165) is 29.6 Å². The molecule has 1 saturated carbocycles. The molecule has 4 nitrogen and oxygen atoms in total. The average Bonchev–Trinajstić information content (AvgIpc) is 3.07. The molecule has 0 saturated heterocycles. The van der Waals surface area contributed by atoms with Crippen LogP contribution in [0.2, 0.25) is 0 Å². The van der Waals surface area contributed by atoms with Crippen LogP contribution < -0.4 is 5.32 Å². The Morgan fingerprint density at radius 3 is 2.54 bits per heavy atom. The standard InChI is InChI=1S/C20H21N3O/c24-20(22-16-6-2-1-3-7-16)15-10-12-17(13-11-15)23-14-21-18-8-4-5-9-19(18)23/h4-5,8-14,16H,1-3,6-7H2,(H,22,24). The first kappa shape index (κ1) is 14.9. The van der Waals surface area contributed by atoms with Crippen LogP contribution >= 0.6 is 0 Å². The third-order valence-corrected chi connectivity index (χ3v) is 4.80. The molecule has 1 aliphatic carbocycles. The van der Waals surface area contributed by atoms with Gasteiger partial charge in [-0.25, -0.2) is 4.98 Å². The van der Waals surface area contributed by atoms with E-state index in [1.165, 1.54) is 19.3 Å². The predicted octanol–water partition coefficient (Wildman–Crippen LogP) is 4.09. The second-order valence-electron chi connectivity index (χ2n) is 6.46. The monoisotopic (exact) mass is 319 g/mol. The van der Waals surface area contributed by atoms with Gasteiger partial charge in [-0.15, -0.1) is 0 Å². The van der Waals surface area contributed by atoms with Crippen molar-refractivity contribution in [2.75, 3.05) is 0 Å². The molecule has 4 heteroatoms. The van der Waals surface area contributed by atoms with Gasteiger partial charge < -0.3 is 5.32 Å². The lowest BCUT2D eigenvalue weighted by Crippen LogP contribution is -2.36. The SMILES string of the molecule is O=C(NC1CCCCC1)c1ccc(-n2cnc3ccccc32)cc1. The number of nitrogens with one attached hydrogen (secondary N) is 1. The fourth-order valence-corrected chi connectivity index (χ4v) is 3.45. The molecule has 122 valence electrons. The molecule has 1 aromatic heterocycles. The highest BCUT2D eigenvalue weighted by Gasteiger charge is 2.16. The highest BCUT2D eigenvalue weighted by molar-refractivity contribution is 5.94. The number of rotatable bonds is 3. The Morgan fingerprint density at radius 1 is 1.00 bits per heavy atom. The summed E-state index contributed by atoms with van der Waals surface area (Å²) in [6.45, 7) is 0. The zero-order valence-electron chi connectivity index (χ0n) is 13.6. The van der Waals surface area contributed by atoms with E-state index in [-0.39, 0.29) is 5.91 Å². The summed E-state index contributed by atoms with van der Waals surface area (Å²) < 4.78 is 2.04. The Kier molecular flexibility index (Phi) is 4.03. The summed E-state index contributed by atoms with van der Waals surface area (Å²) in [6, 6.07) is 16.1. The van der Waals surface area contributed by atoms with Gasteiger partial charge in [-0.2, -0.15) is 0 Å². The number of hydrogen-bond donors (Lipinski definition) is 1. The lowest BCUT2D eigenvalue weighted by Gasteiger charge is -2.22. The van der Waals surface area contributed by atoms with Gasteiger partial charge in [-0.1, -0.05) is 31.4 Å². The van der Waals surface area contributed by atoms with Crippen LogP contribution in [0.4, 0.5) is 0 Å². The minimum absolute atomic E-state index is 0.0314. The Balaban J connectivity index is 1.53. The van der Waals surface area contributed by atoms with Gasteiger partial charge in [0.2, 0.25) is 0 Å². The van der Waals surface area contributed by atoms with Crippen LogP contribution in [0.25, 0.3) is 16.7 Å². The third-order valence-electron chi connectivity index (χ3n) is 4.80. The molecule has 2 aromatic carbocycles. The van der Waals surface area contributed by atoms with Crippen molar-refractivity contribution in [1.82, 2.24) is 14.9 Å². The molecule has 4 rings (SSSR count). The lowest BCUT2D eigenvalue weighted by molar-refractivity contribution is 0.0927. The first-order chi connectivity index (χ1) is 11.8. The third kappa shape index (κ3) is 2.92. The smallest absolute Gasteiger partial charge is 0.251 e. The predicted molar refractivity (Wildman–Crippen MR) is 95.4 cm³/mol. The number of carbonyl (C=O) groups is 1. The normalized spacial score (nSPS) is 15.5. The molecule has 0 atom stereocenters. The second-order valence-corrected chi connectivity index (χ2v) is 6.46. The summed E-state index contributed by atoms with van der Waals surface area (Å²) in [4.78, 5) is 16.8. The molecule has 1 aliphatic rings. The molecule has 3 aromatic rings. The van der Waals surface area contributed by atoms with E-state index in [4.69, 9.17) is 0 Å². The topological polar surface area (TPSA) is 46.9 Å². The number of nitrogens with zero attached hydrogens (tertiary/aromatic N) is 2. The van der Waals surface area contributed by atoms with E-state index in [9.17, 15) is 4.79 Å². The molecule has 1 N–H and O–H groups in total. The maximum absolute atomic E-state index is 12.4. The number of benzene rings is 2. The Hall–Kier alpha value is -2.62. The molecule has 0 aliphatic heterocycles. The van der Waals surface area contributed by atoms with E-state index in [2.05, 4.69) is 10.3 Å². The average molecular weight is 319 g/mol. The van der Waals surface area contributed by atoms with Crippen molar-refractivity contribution < 1.29 is 4.79 Å². The maximum atomic E-state index is 12.4. The zero-order valence-corrected chi connectivity index (χ0v) is 13.6. The Bertz CT molecular complexity index is 845. The molecule has 1 fully saturated rings. The minimum atomic E-state index is 0.0314. The number of imidazole rings is 1. The summed E-state index contributed by atoms with van der Waals surface area (Å²) in [5, 5.41) is 3.16. The van der Waals surface area contributed by atoms with E-state index in [1.54, 1.807) is 0 Å². The van der Waals surface area contributed by atoms with Crippen LogP contribution in [0.1, 0.15) is 42.5 Å². The van der Waals surface area contributed by atoms with Crippen LogP contribution in [0, 0.1) is 0 Å². The van der Waals surface area contributed by atoms with Crippen molar-refractivity contribution in [3.05, 3.63) is 60.4 Å². The molecule has 24 heavy (non-hydrogen) atoms. The lowest BCUT2D eigenvalue weighted by atomic mass is 9.95. The van der Waals surface area contributed by atoms with E-state index >= 15 is 0 Å². The van der Waals surface area contributed by atoms with Gasteiger partial charge in [0.15, 0.2) is 0 Å². The van der Waals surface area contributed by atoms with Gasteiger partial charge in [-0.3, -0.25) is 9.36 Å². The van der Waals surface area contributed by atoms with E-state index in [1.807, 2.05) is 59.4 Å². The first-order valence-corrected chi connectivity index (χ1v) is 8.65. The van der Waals surface area contributed by atoms with Crippen molar-refractivity contribution in [3.63, 3.8) is 0 Å². The van der Waals surface area contributed by atoms with Crippen LogP contribution in [-0.2, 0) is 0 Å². The molecule has 0 radical (unpaired) electrons. The van der Waals surface area contributed by atoms with Gasteiger partial charge in [0.05, 0.1) is 11.0 Å². The number of amides is 1. The first-order valence-electron chi connectivity index (χ1n) is 8.65. The summed E-state index contributed by atoms with van der Waals surface area (Å²) in [6.07, 6.45) is 7.76. The number of aromatic nitrogens is 2. The molecule has 1 heterocycles. The molecule has 0 bridgehead atoms. The van der Waals surface area contributed by atoms with Crippen LogP contribution in [0.3, 0.4) is 0 Å². The number of hydrogen-bond acceptors (Lipinski definition) is 2. The molecule has 0 spiro atoms.